The summed E-state index contributed by atoms with van der Waals surface area (Å²) in [5.41, 5.74) is 2.79. The molecule has 174 valence electrons. The van der Waals surface area contributed by atoms with Gasteiger partial charge in [0.2, 0.25) is 0 Å². The molecule has 0 bridgehead atoms. The Hall–Kier alpha value is -3.29. The van der Waals surface area contributed by atoms with Gasteiger partial charge in [-0.25, -0.2) is 0 Å². The summed E-state index contributed by atoms with van der Waals surface area (Å²) >= 11 is 7.50. The molecule has 0 radical (unpaired) electrons. The molecule has 34 heavy (non-hydrogen) atoms. The van der Waals surface area contributed by atoms with Crippen molar-refractivity contribution in [2.75, 3.05) is 18.2 Å². The molecule has 0 aliphatic heterocycles. The van der Waals surface area contributed by atoms with Crippen molar-refractivity contribution in [3.05, 3.63) is 101 Å². The van der Waals surface area contributed by atoms with Crippen LogP contribution in [0.25, 0.3) is 0 Å². The van der Waals surface area contributed by atoms with Crippen LogP contribution in [-0.4, -0.2) is 33.4 Å². The number of ether oxygens (including phenoxy) is 1. The van der Waals surface area contributed by atoms with Gasteiger partial charge in [-0.3, -0.25) is 4.79 Å². The Morgan fingerprint density at radius 2 is 1.82 bits per heavy atom. The van der Waals surface area contributed by atoms with Gasteiger partial charge in [-0.1, -0.05) is 59.8 Å². The maximum atomic E-state index is 12.7. The van der Waals surface area contributed by atoms with Gasteiger partial charge in [0.05, 0.1) is 19.4 Å². The molecule has 0 aliphatic carbocycles. The third-order valence-corrected chi connectivity index (χ3v) is 6.48. The second-order valence-corrected chi connectivity index (χ2v) is 8.97. The quantitative estimate of drug-likeness (QED) is 0.212. The van der Waals surface area contributed by atoms with E-state index in [1.807, 2.05) is 42.5 Å². The molecular weight excluding hydrogens is 468 g/mol. The van der Waals surface area contributed by atoms with E-state index < -0.39 is 0 Å². The van der Waals surface area contributed by atoms with E-state index in [9.17, 15) is 4.79 Å². The Morgan fingerprint density at radius 1 is 1.03 bits per heavy atom. The van der Waals surface area contributed by atoms with Crippen LogP contribution < -0.4 is 10.1 Å². The van der Waals surface area contributed by atoms with Gasteiger partial charge in [-0.2, -0.15) is 0 Å². The number of halogens is 1. The summed E-state index contributed by atoms with van der Waals surface area (Å²) in [7, 11) is 1.60. The molecule has 4 aromatic rings. The number of anilines is 1. The fraction of sp³-hybridized carbons (Fsp3) is 0.192. The van der Waals surface area contributed by atoms with Crippen molar-refractivity contribution >= 4 is 34.8 Å². The van der Waals surface area contributed by atoms with Crippen LogP contribution in [-0.2, 0) is 19.5 Å². The molecule has 1 aromatic heterocycles. The Kier molecular flexibility index (Phi) is 8.22. The van der Waals surface area contributed by atoms with Crippen LogP contribution in [0.1, 0.15) is 21.7 Å². The predicted molar refractivity (Wildman–Crippen MR) is 137 cm³/mol. The van der Waals surface area contributed by atoms with Crippen molar-refractivity contribution in [2.45, 2.75) is 24.7 Å². The maximum absolute atomic E-state index is 12.7. The average Bonchev–Trinajstić information content (AvgIpc) is 3.27. The lowest BCUT2D eigenvalue weighted by atomic mass is 10.1. The lowest BCUT2D eigenvalue weighted by molar-refractivity contribution is 0.102. The maximum Gasteiger partial charge on any atom is 0.191 e. The zero-order valence-corrected chi connectivity index (χ0v) is 20.4. The molecule has 0 spiro atoms. The molecule has 0 saturated heterocycles. The fourth-order valence-electron chi connectivity index (χ4n) is 3.44. The van der Waals surface area contributed by atoms with Crippen LogP contribution in [0.3, 0.4) is 0 Å². The van der Waals surface area contributed by atoms with Crippen LogP contribution in [0.15, 0.2) is 84.0 Å². The number of thioether (sulfide) groups is 1. The van der Waals surface area contributed by atoms with E-state index in [0.717, 1.165) is 28.8 Å². The first-order chi connectivity index (χ1) is 16.6. The van der Waals surface area contributed by atoms with Gasteiger partial charge in [0.15, 0.2) is 16.8 Å². The molecule has 0 aliphatic rings. The minimum atomic E-state index is 0.0314. The van der Waals surface area contributed by atoms with Gasteiger partial charge in [-0.05, 0) is 54.4 Å². The zero-order valence-electron chi connectivity index (χ0n) is 18.8. The van der Waals surface area contributed by atoms with Gasteiger partial charge >= 0.3 is 0 Å². The van der Waals surface area contributed by atoms with E-state index in [0.29, 0.717) is 23.7 Å². The lowest BCUT2D eigenvalue weighted by Crippen LogP contribution is -2.12. The molecule has 1 heterocycles. The van der Waals surface area contributed by atoms with E-state index >= 15 is 0 Å². The van der Waals surface area contributed by atoms with E-state index in [1.165, 1.54) is 17.3 Å². The van der Waals surface area contributed by atoms with Crippen molar-refractivity contribution in [1.82, 2.24) is 14.8 Å². The van der Waals surface area contributed by atoms with Gasteiger partial charge < -0.3 is 14.6 Å². The molecule has 0 fully saturated rings. The third kappa shape index (κ3) is 6.40. The van der Waals surface area contributed by atoms with Crippen molar-refractivity contribution in [1.29, 1.82) is 0 Å². The Morgan fingerprint density at radius 3 is 2.56 bits per heavy atom. The fourth-order valence-corrected chi connectivity index (χ4v) is 4.50. The highest BCUT2D eigenvalue weighted by atomic mass is 35.5. The monoisotopic (exact) mass is 492 g/mol. The third-order valence-electron chi connectivity index (χ3n) is 5.28. The first-order valence-electron chi connectivity index (χ1n) is 10.9. The van der Waals surface area contributed by atoms with E-state index in [1.54, 1.807) is 31.4 Å². The van der Waals surface area contributed by atoms with Gasteiger partial charge in [0, 0.05) is 22.8 Å². The molecular formula is C26H25ClN4O2S. The van der Waals surface area contributed by atoms with E-state index in [4.69, 9.17) is 16.3 Å². The molecule has 8 heteroatoms. The van der Waals surface area contributed by atoms with Crippen LogP contribution >= 0.6 is 23.4 Å². The number of hydrogen-bond acceptors (Lipinski definition) is 6. The number of aryl methyl sites for hydroxylation is 1. The molecule has 6 nitrogen and oxygen atoms in total. The van der Waals surface area contributed by atoms with Crippen molar-refractivity contribution < 1.29 is 9.53 Å². The highest BCUT2D eigenvalue weighted by Crippen LogP contribution is 2.22. The summed E-state index contributed by atoms with van der Waals surface area (Å²) in [6, 6.07) is 25.0. The summed E-state index contributed by atoms with van der Waals surface area (Å²) in [4.78, 5) is 12.7. The minimum absolute atomic E-state index is 0.0314. The SMILES string of the molecule is COc1ccc(C(=O)CSc2nnc(CNc3cccc(Cl)c3)n2CCc2ccccc2)cc1. The molecule has 0 unspecified atom stereocenters. The average molecular weight is 493 g/mol. The van der Waals surface area contributed by atoms with Crippen molar-refractivity contribution in [3.63, 3.8) is 0 Å². The number of carbonyl (C=O) groups excluding carboxylic acids is 1. The highest BCUT2D eigenvalue weighted by Gasteiger charge is 2.15. The number of nitrogens with one attached hydrogen (secondary N) is 1. The summed E-state index contributed by atoms with van der Waals surface area (Å²) < 4.78 is 7.25. The smallest absolute Gasteiger partial charge is 0.191 e. The Labute approximate surface area is 208 Å². The minimum Gasteiger partial charge on any atom is -0.497 e. The molecule has 0 atom stereocenters. The Bertz CT molecular complexity index is 1230. The number of benzene rings is 3. The van der Waals surface area contributed by atoms with Crippen LogP contribution in [0.5, 0.6) is 5.75 Å². The molecule has 3 aromatic carbocycles. The molecule has 1 N–H and O–H groups in total. The second-order valence-electron chi connectivity index (χ2n) is 7.59. The summed E-state index contributed by atoms with van der Waals surface area (Å²) in [6.45, 7) is 1.21. The Balaban J connectivity index is 1.47. The van der Waals surface area contributed by atoms with Crippen molar-refractivity contribution in [3.8, 4) is 5.75 Å². The van der Waals surface area contributed by atoms with Crippen LogP contribution in [0.2, 0.25) is 5.02 Å². The number of hydrogen-bond donors (Lipinski definition) is 1. The summed E-state index contributed by atoms with van der Waals surface area (Å²) in [6.07, 6.45) is 0.836. The number of carbonyl (C=O) groups is 1. The van der Waals surface area contributed by atoms with Crippen LogP contribution in [0.4, 0.5) is 5.69 Å². The van der Waals surface area contributed by atoms with Crippen molar-refractivity contribution in [2.24, 2.45) is 0 Å². The number of methoxy groups -OCH3 is 1. The molecule has 0 saturated carbocycles. The van der Waals surface area contributed by atoms with E-state index in [2.05, 4.69) is 32.2 Å². The number of aromatic nitrogens is 3. The molecule has 0 amide bonds. The molecule has 4 rings (SSSR count). The van der Waals surface area contributed by atoms with Crippen LogP contribution in [0, 0.1) is 0 Å². The highest BCUT2D eigenvalue weighted by molar-refractivity contribution is 7.99. The van der Waals surface area contributed by atoms with E-state index in [-0.39, 0.29) is 11.5 Å². The largest absolute Gasteiger partial charge is 0.497 e. The van der Waals surface area contributed by atoms with Gasteiger partial charge in [0.25, 0.3) is 0 Å². The number of ketones is 1. The zero-order chi connectivity index (χ0) is 23.8. The number of Topliss-reactive ketones (excluding diaryl/α,β-unsaturated/α-hetero) is 1. The second kappa shape index (κ2) is 11.7. The van der Waals surface area contributed by atoms with Gasteiger partial charge in [0.1, 0.15) is 5.75 Å². The number of rotatable bonds is 11. The topological polar surface area (TPSA) is 69.0 Å². The predicted octanol–water partition coefficient (Wildman–Crippen LogP) is 5.77. The summed E-state index contributed by atoms with van der Waals surface area (Å²) in [5.74, 6) is 1.83. The standard InChI is InChI=1S/C26H25ClN4O2S/c1-33-23-12-10-20(11-13-23)24(32)18-34-26-30-29-25(17-28-22-9-5-8-21(27)16-22)31(26)15-14-19-6-3-2-4-7-19/h2-13,16,28H,14-15,17-18H2,1H3. The lowest BCUT2D eigenvalue weighted by Gasteiger charge is -2.12. The first kappa shape index (κ1) is 23.9. The summed E-state index contributed by atoms with van der Waals surface area (Å²) in [5, 5.41) is 13.5. The first-order valence-corrected chi connectivity index (χ1v) is 12.2. The van der Waals surface area contributed by atoms with Gasteiger partial charge in [-0.15, -0.1) is 10.2 Å². The number of nitrogens with zero attached hydrogens (tertiary/aromatic N) is 3. The normalized spacial score (nSPS) is 10.8.